The van der Waals surface area contributed by atoms with E-state index in [0.717, 1.165) is 16.9 Å². The van der Waals surface area contributed by atoms with Crippen LogP contribution in [-0.4, -0.2) is 58.5 Å². The number of imide groups is 1. The zero-order valence-corrected chi connectivity index (χ0v) is 18.3. The SMILES string of the molecule is CC1(C)C(=O)Nc2cc(NC3=N[N+]4(N5CC[C@@]6(CC(=O)NC6=O)C5)C=CN=CC4=N3)ccc21. The van der Waals surface area contributed by atoms with E-state index < -0.39 is 10.8 Å². The number of aliphatic imine (C=N–C) groups is 2. The smallest absolute Gasteiger partial charge is 0.301 e. The standard InChI is InChI=1S/C22H22N8O3/c1-21(2)14-4-3-13(9-15(14)25-18(21)32)24-20-26-16-11-23-6-8-30(16,28-20)29-7-5-22(12-29)10-17(31)27-19(22)33/h3-4,6,8-9,11H,5,7,10,12H2,1-2H3,(H2-,24,25,27,28,31,32,33)/p+1/t22-,30?/m1/s1. The predicted octanol–water partition coefficient (Wildman–Crippen LogP) is 1.04. The number of hydrogen-bond acceptors (Lipinski definition) is 8. The second kappa shape index (κ2) is 6.42. The van der Waals surface area contributed by atoms with Crippen LogP contribution in [0.4, 0.5) is 11.4 Å². The molecule has 0 saturated carbocycles. The first kappa shape index (κ1) is 19.9. The van der Waals surface area contributed by atoms with Crippen molar-refractivity contribution in [2.24, 2.45) is 20.5 Å². The van der Waals surface area contributed by atoms with Gasteiger partial charge in [-0.25, -0.2) is 0 Å². The fourth-order valence-corrected chi connectivity index (χ4v) is 5.15. The fourth-order valence-electron chi connectivity index (χ4n) is 5.15. The number of nitrogens with one attached hydrogen (secondary N) is 3. The Morgan fingerprint density at radius 3 is 2.79 bits per heavy atom. The first-order valence-corrected chi connectivity index (χ1v) is 10.8. The molecule has 168 valence electrons. The first-order chi connectivity index (χ1) is 15.7. The lowest BCUT2D eigenvalue weighted by atomic mass is 9.85. The van der Waals surface area contributed by atoms with E-state index in [0.29, 0.717) is 31.3 Å². The maximum absolute atomic E-state index is 12.5. The number of amidine groups is 1. The van der Waals surface area contributed by atoms with Crippen molar-refractivity contribution in [1.29, 1.82) is 0 Å². The monoisotopic (exact) mass is 447 g/mol. The van der Waals surface area contributed by atoms with Crippen molar-refractivity contribution in [3.8, 4) is 0 Å². The lowest BCUT2D eigenvalue weighted by molar-refractivity contribution is -0.915. The Balaban J connectivity index is 1.29. The quantitative estimate of drug-likeness (QED) is 0.461. The maximum atomic E-state index is 12.5. The van der Waals surface area contributed by atoms with Crippen molar-refractivity contribution in [2.45, 2.75) is 32.1 Å². The average molecular weight is 447 g/mol. The van der Waals surface area contributed by atoms with Crippen LogP contribution in [0.25, 0.3) is 0 Å². The second-order valence-electron chi connectivity index (χ2n) is 9.56. The van der Waals surface area contributed by atoms with Crippen LogP contribution in [-0.2, 0) is 19.8 Å². The molecule has 0 aliphatic carbocycles. The topological polar surface area (TPSA) is 128 Å². The summed E-state index contributed by atoms with van der Waals surface area (Å²) in [6.45, 7) is 4.76. The highest BCUT2D eigenvalue weighted by Gasteiger charge is 2.58. The van der Waals surface area contributed by atoms with Crippen LogP contribution in [0, 0.1) is 5.41 Å². The summed E-state index contributed by atoms with van der Waals surface area (Å²) in [7, 11) is 0. The van der Waals surface area contributed by atoms with Gasteiger partial charge in [-0.05, 0) is 47.8 Å². The van der Waals surface area contributed by atoms with Crippen molar-refractivity contribution >= 4 is 47.1 Å². The third-order valence-electron chi connectivity index (χ3n) is 7.12. The average Bonchev–Trinajstić information content (AvgIpc) is 3.47. The predicted molar refractivity (Wildman–Crippen MR) is 121 cm³/mol. The van der Waals surface area contributed by atoms with Crippen LogP contribution >= 0.6 is 0 Å². The van der Waals surface area contributed by atoms with Gasteiger partial charge in [0.15, 0.2) is 6.20 Å². The van der Waals surface area contributed by atoms with Crippen LogP contribution < -0.4 is 16.0 Å². The normalized spacial score (nSPS) is 31.4. The fraction of sp³-hybridized carbons (Fsp3) is 0.364. The number of nitrogens with zero attached hydrogens (tertiary/aromatic N) is 5. The van der Waals surface area contributed by atoms with Crippen LogP contribution in [0.1, 0.15) is 32.3 Å². The Kier molecular flexibility index (Phi) is 3.88. The minimum atomic E-state index is -0.728. The first-order valence-electron chi connectivity index (χ1n) is 10.8. The summed E-state index contributed by atoms with van der Waals surface area (Å²) in [6.07, 6.45) is 5.88. The summed E-state index contributed by atoms with van der Waals surface area (Å²) in [5.41, 5.74) is 1.15. The highest BCUT2D eigenvalue weighted by atomic mass is 16.2. The molecule has 11 nitrogen and oxygen atoms in total. The number of amides is 3. The lowest BCUT2D eigenvalue weighted by Gasteiger charge is -2.32. The molecular weight excluding hydrogens is 424 g/mol. The van der Waals surface area contributed by atoms with Gasteiger partial charge in [0.2, 0.25) is 17.7 Å². The van der Waals surface area contributed by atoms with Gasteiger partial charge in [0, 0.05) is 17.8 Å². The number of fused-ring (bicyclic) bond motifs is 2. The summed E-state index contributed by atoms with van der Waals surface area (Å²) in [5, 5.41) is 15.5. The van der Waals surface area contributed by atoms with Crippen molar-refractivity contribution in [3.63, 3.8) is 0 Å². The number of hydrogen-bond donors (Lipinski definition) is 3. The highest BCUT2D eigenvalue weighted by Crippen LogP contribution is 2.42. The summed E-state index contributed by atoms with van der Waals surface area (Å²) >= 11 is 0. The molecule has 3 amide bonds. The van der Waals surface area contributed by atoms with E-state index in [1.807, 2.05) is 43.3 Å². The summed E-state index contributed by atoms with van der Waals surface area (Å²) in [6, 6.07) is 5.70. The minimum absolute atomic E-state index is 0.0338. The van der Waals surface area contributed by atoms with Gasteiger partial charge in [0.25, 0.3) is 5.96 Å². The second-order valence-corrected chi connectivity index (χ2v) is 9.56. The van der Waals surface area contributed by atoms with E-state index in [1.54, 1.807) is 12.4 Å². The zero-order valence-electron chi connectivity index (χ0n) is 18.3. The van der Waals surface area contributed by atoms with E-state index in [1.165, 1.54) is 0 Å². The van der Waals surface area contributed by atoms with Gasteiger partial charge < -0.3 is 10.6 Å². The molecule has 1 spiro atoms. The van der Waals surface area contributed by atoms with Crippen molar-refractivity contribution in [2.75, 3.05) is 23.7 Å². The molecule has 5 aliphatic heterocycles. The van der Waals surface area contributed by atoms with Crippen molar-refractivity contribution in [1.82, 2.24) is 10.3 Å². The number of anilines is 2. The Labute approximate surface area is 189 Å². The van der Waals surface area contributed by atoms with Gasteiger partial charge in [-0.15, -0.1) is 10.0 Å². The molecule has 5 aliphatic rings. The Morgan fingerprint density at radius 1 is 1.15 bits per heavy atom. The molecular formula is C22H23N8O3+. The minimum Gasteiger partial charge on any atom is -0.325 e. The van der Waals surface area contributed by atoms with Crippen LogP contribution in [0.3, 0.4) is 0 Å². The molecule has 5 heterocycles. The molecule has 0 aromatic heterocycles. The van der Waals surface area contributed by atoms with Crippen molar-refractivity contribution < 1.29 is 19.1 Å². The molecule has 1 aromatic carbocycles. The van der Waals surface area contributed by atoms with E-state index in [9.17, 15) is 14.4 Å². The molecule has 11 heteroatoms. The molecule has 3 N–H and O–H groups in total. The Bertz CT molecular complexity index is 1260. The Hall–Kier alpha value is -3.70. The number of carbonyl (C=O) groups is 3. The molecule has 2 atom stereocenters. The van der Waals surface area contributed by atoms with E-state index in [-0.39, 0.29) is 28.8 Å². The highest BCUT2D eigenvalue weighted by molar-refractivity contribution is 6.30. The Morgan fingerprint density at radius 2 is 2.00 bits per heavy atom. The van der Waals surface area contributed by atoms with E-state index >= 15 is 0 Å². The number of benzene rings is 1. The summed E-state index contributed by atoms with van der Waals surface area (Å²) < 4.78 is -0.0379. The van der Waals surface area contributed by atoms with Gasteiger partial charge in [-0.3, -0.25) is 24.7 Å². The third-order valence-corrected chi connectivity index (χ3v) is 7.12. The van der Waals surface area contributed by atoms with E-state index in [4.69, 9.17) is 5.10 Å². The summed E-state index contributed by atoms with van der Waals surface area (Å²) in [4.78, 5) is 45.4. The molecule has 2 saturated heterocycles. The van der Waals surface area contributed by atoms with Gasteiger partial charge in [0.1, 0.15) is 6.21 Å². The molecule has 1 aromatic rings. The third kappa shape index (κ3) is 2.75. The number of rotatable bonds is 2. The summed E-state index contributed by atoms with van der Waals surface area (Å²) in [5.74, 6) is 0.502. The zero-order chi connectivity index (χ0) is 23.0. The van der Waals surface area contributed by atoms with Gasteiger partial charge >= 0.3 is 5.84 Å². The van der Waals surface area contributed by atoms with Gasteiger partial charge in [-0.2, -0.15) is 0 Å². The number of quaternary nitrogens is 1. The maximum Gasteiger partial charge on any atom is 0.301 e. The van der Waals surface area contributed by atoms with Crippen LogP contribution in [0.2, 0.25) is 0 Å². The largest absolute Gasteiger partial charge is 0.325 e. The molecule has 1 unspecified atom stereocenters. The molecule has 6 rings (SSSR count). The molecule has 0 bridgehead atoms. The van der Waals surface area contributed by atoms with E-state index in [2.05, 4.69) is 25.9 Å². The number of guanidine groups is 1. The van der Waals surface area contributed by atoms with Crippen LogP contribution in [0.5, 0.6) is 0 Å². The number of carbonyl (C=O) groups excluding carboxylic acids is 3. The molecule has 33 heavy (non-hydrogen) atoms. The van der Waals surface area contributed by atoms with Gasteiger partial charge in [-0.1, -0.05) is 6.07 Å². The van der Waals surface area contributed by atoms with Crippen LogP contribution in [0.15, 0.2) is 45.7 Å². The molecule has 2 fully saturated rings. The molecule has 0 radical (unpaired) electrons. The lowest BCUT2D eigenvalue weighted by Crippen LogP contribution is -2.56. The van der Waals surface area contributed by atoms with Crippen molar-refractivity contribution in [3.05, 3.63) is 36.2 Å². The van der Waals surface area contributed by atoms with Gasteiger partial charge in [0.05, 0.1) is 30.1 Å².